The minimum Gasteiger partial charge on any atom is -0.462 e. The zero-order valence-electron chi connectivity index (χ0n) is 15.3. The number of carbonyl (C=O) groups is 1. The first-order valence-electron chi connectivity index (χ1n) is 9.11. The molecular weight excluding hydrogens is 413 g/mol. The number of rotatable bonds is 5. The molecule has 3 rings (SSSR count). The molecule has 144 valence electrons. The summed E-state index contributed by atoms with van der Waals surface area (Å²) in [5.41, 5.74) is 1.17. The summed E-state index contributed by atoms with van der Waals surface area (Å²) in [4.78, 5) is 20.6. The Bertz CT molecular complexity index is 785. The summed E-state index contributed by atoms with van der Waals surface area (Å²) in [6, 6.07) is 8.82. The van der Waals surface area contributed by atoms with Crippen molar-refractivity contribution in [2.75, 3.05) is 37.7 Å². The van der Waals surface area contributed by atoms with Gasteiger partial charge in [-0.25, -0.2) is 14.2 Å². The fourth-order valence-corrected chi connectivity index (χ4v) is 3.49. The average molecular weight is 436 g/mol. The molecule has 1 saturated heterocycles. The maximum atomic E-state index is 14.1. The second-order valence-electron chi connectivity index (χ2n) is 6.48. The minimum atomic E-state index is -0.352. The van der Waals surface area contributed by atoms with Gasteiger partial charge in [-0.05, 0) is 37.6 Å². The van der Waals surface area contributed by atoms with E-state index < -0.39 is 0 Å². The van der Waals surface area contributed by atoms with Crippen LogP contribution in [-0.4, -0.2) is 48.6 Å². The monoisotopic (exact) mass is 435 g/mol. The average Bonchev–Trinajstić information content (AvgIpc) is 2.90. The van der Waals surface area contributed by atoms with Gasteiger partial charge in [-0.15, -0.1) is 0 Å². The molecule has 1 aromatic heterocycles. The largest absolute Gasteiger partial charge is 0.462 e. The van der Waals surface area contributed by atoms with Gasteiger partial charge in [0, 0.05) is 49.0 Å². The normalized spacial score (nSPS) is 15.4. The third-order valence-corrected chi connectivity index (χ3v) is 5.07. The van der Waals surface area contributed by atoms with Gasteiger partial charge in [-0.1, -0.05) is 22.0 Å². The van der Waals surface area contributed by atoms with Crippen molar-refractivity contribution in [3.05, 3.63) is 57.9 Å². The van der Waals surface area contributed by atoms with Gasteiger partial charge in [-0.3, -0.25) is 4.90 Å². The van der Waals surface area contributed by atoms with E-state index >= 15 is 0 Å². The minimum absolute atomic E-state index is 0.179. The zero-order chi connectivity index (χ0) is 19.2. The van der Waals surface area contributed by atoms with Gasteiger partial charge < -0.3 is 9.64 Å². The third-order valence-electron chi connectivity index (χ3n) is 4.58. The molecule has 0 bridgehead atoms. The molecule has 1 fully saturated rings. The van der Waals surface area contributed by atoms with Gasteiger partial charge >= 0.3 is 5.97 Å². The van der Waals surface area contributed by atoms with Crippen molar-refractivity contribution < 1.29 is 13.9 Å². The summed E-state index contributed by atoms with van der Waals surface area (Å²) >= 11 is 3.29. The Kier molecular flexibility index (Phi) is 6.79. The standard InChI is InChI=1S/C20H23BrFN3O2/c1-2-27-20(26)15-5-7-19(23-13-15)25-9-3-8-24(10-11-25)14-16-4-6-17(21)12-18(16)22/h4-7,12-13H,2-3,8-11,14H2,1H3. The first kappa shape index (κ1) is 19.8. The fraction of sp³-hybridized carbons (Fsp3) is 0.400. The van der Waals surface area contributed by atoms with Crippen molar-refractivity contribution in [2.45, 2.75) is 19.9 Å². The van der Waals surface area contributed by atoms with Gasteiger partial charge in [0.25, 0.3) is 0 Å². The number of hydrogen-bond acceptors (Lipinski definition) is 5. The highest BCUT2D eigenvalue weighted by Gasteiger charge is 2.18. The number of benzene rings is 1. The lowest BCUT2D eigenvalue weighted by atomic mass is 10.2. The molecule has 0 unspecified atom stereocenters. The van der Waals surface area contributed by atoms with E-state index in [1.807, 2.05) is 18.2 Å². The van der Waals surface area contributed by atoms with Crippen LogP contribution in [0.15, 0.2) is 41.0 Å². The SMILES string of the molecule is CCOC(=O)c1ccc(N2CCCN(Cc3ccc(Br)cc3F)CC2)nc1. The summed E-state index contributed by atoms with van der Waals surface area (Å²) in [5, 5.41) is 0. The highest BCUT2D eigenvalue weighted by atomic mass is 79.9. The third kappa shape index (κ3) is 5.26. The van der Waals surface area contributed by atoms with Gasteiger partial charge in [-0.2, -0.15) is 0 Å². The summed E-state index contributed by atoms with van der Waals surface area (Å²) in [5.74, 6) is 0.316. The molecule has 0 saturated carbocycles. The fourth-order valence-electron chi connectivity index (χ4n) is 3.16. The number of ether oxygens (including phenoxy) is 1. The Balaban J connectivity index is 1.60. The van der Waals surface area contributed by atoms with Gasteiger partial charge in [0.05, 0.1) is 12.2 Å². The number of aromatic nitrogens is 1. The van der Waals surface area contributed by atoms with Gasteiger partial charge in [0.2, 0.25) is 0 Å². The lowest BCUT2D eigenvalue weighted by Gasteiger charge is -2.23. The van der Waals surface area contributed by atoms with Crippen molar-refractivity contribution >= 4 is 27.7 Å². The van der Waals surface area contributed by atoms with Crippen molar-refractivity contribution in [1.82, 2.24) is 9.88 Å². The highest BCUT2D eigenvalue weighted by Crippen LogP contribution is 2.19. The first-order valence-corrected chi connectivity index (χ1v) is 9.90. The van der Waals surface area contributed by atoms with Crippen LogP contribution in [0.5, 0.6) is 0 Å². The van der Waals surface area contributed by atoms with E-state index in [9.17, 15) is 9.18 Å². The zero-order valence-corrected chi connectivity index (χ0v) is 16.9. The molecule has 1 aliphatic heterocycles. The molecule has 5 nitrogen and oxygen atoms in total. The predicted molar refractivity (Wildman–Crippen MR) is 106 cm³/mol. The molecule has 0 N–H and O–H groups in total. The molecule has 0 spiro atoms. The molecule has 1 aromatic carbocycles. The van der Waals surface area contributed by atoms with Crippen molar-refractivity contribution in [3.63, 3.8) is 0 Å². The van der Waals surface area contributed by atoms with Crippen LogP contribution in [-0.2, 0) is 11.3 Å². The predicted octanol–water partition coefficient (Wildman–Crippen LogP) is 3.87. The van der Waals surface area contributed by atoms with E-state index in [-0.39, 0.29) is 11.8 Å². The Morgan fingerprint density at radius 2 is 2.07 bits per heavy atom. The van der Waals surface area contributed by atoms with Crippen LogP contribution < -0.4 is 4.90 Å². The van der Waals surface area contributed by atoms with E-state index in [4.69, 9.17) is 4.74 Å². The molecule has 0 aliphatic carbocycles. The molecule has 1 aliphatic rings. The van der Waals surface area contributed by atoms with E-state index in [0.717, 1.165) is 42.9 Å². The van der Waals surface area contributed by atoms with E-state index in [1.54, 1.807) is 19.2 Å². The number of esters is 1. The second kappa shape index (κ2) is 9.28. The molecule has 0 amide bonds. The summed E-state index contributed by atoms with van der Waals surface area (Å²) in [6.45, 7) is 6.16. The van der Waals surface area contributed by atoms with Crippen molar-refractivity contribution in [1.29, 1.82) is 0 Å². The van der Waals surface area contributed by atoms with E-state index in [1.165, 1.54) is 6.07 Å². The summed E-state index contributed by atoms with van der Waals surface area (Å²) < 4.78 is 19.8. The maximum absolute atomic E-state index is 14.1. The van der Waals surface area contributed by atoms with Crippen LogP contribution in [0.4, 0.5) is 10.2 Å². The van der Waals surface area contributed by atoms with E-state index in [2.05, 4.69) is 30.7 Å². The number of carbonyl (C=O) groups excluding carboxylic acids is 1. The van der Waals surface area contributed by atoms with Crippen molar-refractivity contribution in [3.8, 4) is 0 Å². The number of anilines is 1. The van der Waals surface area contributed by atoms with Crippen LogP contribution >= 0.6 is 15.9 Å². The molecule has 27 heavy (non-hydrogen) atoms. The molecule has 2 heterocycles. The van der Waals surface area contributed by atoms with E-state index in [0.29, 0.717) is 24.3 Å². The van der Waals surface area contributed by atoms with Crippen molar-refractivity contribution in [2.24, 2.45) is 0 Å². The second-order valence-corrected chi connectivity index (χ2v) is 7.39. The Morgan fingerprint density at radius 1 is 1.22 bits per heavy atom. The Labute approximate surface area is 167 Å². The Hall–Kier alpha value is -1.99. The molecular formula is C20H23BrFN3O2. The lowest BCUT2D eigenvalue weighted by Crippen LogP contribution is -2.31. The van der Waals surface area contributed by atoms with Gasteiger partial charge in [0.1, 0.15) is 11.6 Å². The van der Waals surface area contributed by atoms with Crippen LogP contribution in [0.3, 0.4) is 0 Å². The lowest BCUT2D eigenvalue weighted by molar-refractivity contribution is 0.0526. The number of halogens is 2. The number of hydrogen-bond donors (Lipinski definition) is 0. The number of pyridine rings is 1. The van der Waals surface area contributed by atoms with Gasteiger partial charge in [0.15, 0.2) is 0 Å². The smallest absolute Gasteiger partial charge is 0.339 e. The van der Waals surface area contributed by atoms with Crippen LogP contribution in [0.1, 0.15) is 29.3 Å². The highest BCUT2D eigenvalue weighted by molar-refractivity contribution is 9.10. The summed E-state index contributed by atoms with van der Waals surface area (Å²) in [7, 11) is 0. The molecule has 2 aromatic rings. The first-order chi connectivity index (χ1) is 13.1. The Morgan fingerprint density at radius 3 is 2.78 bits per heavy atom. The molecule has 0 atom stereocenters. The van der Waals surface area contributed by atoms with Crippen LogP contribution in [0.25, 0.3) is 0 Å². The maximum Gasteiger partial charge on any atom is 0.339 e. The molecule has 7 heteroatoms. The topological polar surface area (TPSA) is 45.7 Å². The quantitative estimate of drug-likeness (QED) is 0.666. The van der Waals surface area contributed by atoms with Crippen LogP contribution in [0, 0.1) is 5.82 Å². The summed E-state index contributed by atoms with van der Waals surface area (Å²) in [6.07, 6.45) is 2.53. The molecule has 0 radical (unpaired) electrons. The van der Waals surface area contributed by atoms with Crippen LogP contribution in [0.2, 0.25) is 0 Å². The number of nitrogens with zero attached hydrogens (tertiary/aromatic N) is 3.